The minimum absolute atomic E-state index is 0.108. The Labute approximate surface area is 151 Å². The summed E-state index contributed by atoms with van der Waals surface area (Å²) in [4.78, 5) is 16.7. The van der Waals surface area contributed by atoms with Crippen molar-refractivity contribution in [1.82, 2.24) is 10.1 Å². The summed E-state index contributed by atoms with van der Waals surface area (Å²) in [5.74, 6) is 1.35. The number of carbonyl (C=O) groups is 1. The van der Waals surface area contributed by atoms with Gasteiger partial charge in [-0.1, -0.05) is 17.3 Å². The van der Waals surface area contributed by atoms with Crippen molar-refractivity contribution in [2.24, 2.45) is 5.92 Å². The summed E-state index contributed by atoms with van der Waals surface area (Å²) in [6.07, 6.45) is 3.75. The van der Waals surface area contributed by atoms with E-state index in [0.717, 1.165) is 31.2 Å². The highest BCUT2D eigenvalue weighted by atomic mass is 16.6. The number of esters is 1. The van der Waals surface area contributed by atoms with Gasteiger partial charge in [0.15, 0.2) is 0 Å². The van der Waals surface area contributed by atoms with Crippen LogP contribution in [-0.2, 0) is 9.47 Å². The van der Waals surface area contributed by atoms with Gasteiger partial charge in [-0.3, -0.25) is 0 Å². The Bertz CT molecular complexity index is 763. The monoisotopic (exact) mass is 358 g/mol. The third-order valence-corrected chi connectivity index (χ3v) is 4.85. The lowest BCUT2D eigenvalue weighted by molar-refractivity contribution is -0.0592. The summed E-state index contributed by atoms with van der Waals surface area (Å²) in [6, 6.07) is 7.05. The number of hydrogen-bond acceptors (Lipinski definition) is 7. The van der Waals surface area contributed by atoms with Crippen molar-refractivity contribution >= 4 is 5.97 Å². The standard InChI is InChI=1S/C19H22N2O5/c22-9-12-4-7-16(24-10-12)11-25-19(23)15-3-1-2-14(8-15)17-20-18(26-21-17)13-5-6-13/h1-3,8,12-13,16,22H,4-7,9-11H2. The van der Waals surface area contributed by atoms with Gasteiger partial charge in [0.05, 0.1) is 18.3 Å². The van der Waals surface area contributed by atoms with Crippen LogP contribution >= 0.6 is 0 Å². The molecule has 2 aliphatic rings. The Kier molecular flexibility index (Phi) is 4.99. The van der Waals surface area contributed by atoms with Gasteiger partial charge < -0.3 is 19.1 Å². The number of hydrogen-bond donors (Lipinski definition) is 1. The molecule has 138 valence electrons. The van der Waals surface area contributed by atoms with Gasteiger partial charge in [-0.2, -0.15) is 4.98 Å². The third kappa shape index (κ3) is 3.94. The molecule has 1 saturated heterocycles. The van der Waals surface area contributed by atoms with E-state index in [2.05, 4.69) is 10.1 Å². The molecule has 0 radical (unpaired) electrons. The number of nitrogens with zero attached hydrogens (tertiary/aromatic N) is 2. The quantitative estimate of drug-likeness (QED) is 0.793. The molecule has 0 amide bonds. The fraction of sp³-hybridized carbons (Fsp3) is 0.526. The van der Waals surface area contributed by atoms with Crippen molar-refractivity contribution < 1.29 is 23.9 Å². The first-order valence-electron chi connectivity index (χ1n) is 9.06. The fourth-order valence-electron chi connectivity index (χ4n) is 3.02. The van der Waals surface area contributed by atoms with Crippen LogP contribution in [0.4, 0.5) is 0 Å². The van der Waals surface area contributed by atoms with Crippen molar-refractivity contribution in [3.05, 3.63) is 35.7 Å². The van der Waals surface area contributed by atoms with E-state index in [1.807, 2.05) is 6.07 Å². The molecule has 26 heavy (non-hydrogen) atoms. The highest BCUT2D eigenvalue weighted by Crippen LogP contribution is 2.39. The molecule has 1 aromatic heterocycles. The lowest BCUT2D eigenvalue weighted by Gasteiger charge is -2.27. The van der Waals surface area contributed by atoms with Crippen LogP contribution in [0.15, 0.2) is 28.8 Å². The molecule has 1 N–H and O–H groups in total. The lowest BCUT2D eigenvalue weighted by Crippen LogP contribution is -2.31. The summed E-state index contributed by atoms with van der Waals surface area (Å²) < 4.78 is 16.3. The average Bonchev–Trinajstić information content (AvgIpc) is 3.43. The van der Waals surface area contributed by atoms with E-state index < -0.39 is 5.97 Å². The molecule has 2 aromatic rings. The maximum atomic E-state index is 12.3. The normalized spacial score (nSPS) is 23.0. The number of aromatic nitrogens is 2. The van der Waals surface area contributed by atoms with E-state index in [1.54, 1.807) is 18.2 Å². The zero-order valence-corrected chi connectivity index (χ0v) is 14.5. The molecule has 2 unspecified atom stereocenters. The van der Waals surface area contributed by atoms with Gasteiger partial charge in [-0.15, -0.1) is 0 Å². The minimum Gasteiger partial charge on any atom is -0.459 e. The lowest BCUT2D eigenvalue weighted by atomic mass is 10.00. The van der Waals surface area contributed by atoms with Crippen LogP contribution in [0.1, 0.15) is 47.8 Å². The predicted octanol–water partition coefficient (Wildman–Crippen LogP) is 2.56. The van der Waals surface area contributed by atoms with E-state index in [-0.39, 0.29) is 25.2 Å². The van der Waals surface area contributed by atoms with Crippen LogP contribution in [0.25, 0.3) is 11.4 Å². The third-order valence-electron chi connectivity index (χ3n) is 4.85. The van der Waals surface area contributed by atoms with Gasteiger partial charge in [0.2, 0.25) is 11.7 Å². The second kappa shape index (κ2) is 7.55. The molecule has 1 aliphatic heterocycles. The van der Waals surface area contributed by atoms with Crippen LogP contribution < -0.4 is 0 Å². The largest absolute Gasteiger partial charge is 0.459 e. The van der Waals surface area contributed by atoms with Crippen LogP contribution in [-0.4, -0.2) is 47.1 Å². The van der Waals surface area contributed by atoms with E-state index in [4.69, 9.17) is 19.1 Å². The topological polar surface area (TPSA) is 94.7 Å². The van der Waals surface area contributed by atoms with Gasteiger partial charge in [0.1, 0.15) is 6.61 Å². The fourth-order valence-corrected chi connectivity index (χ4v) is 3.02. The summed E-state index contributed by atoms with van der Waals surface area (Å²) in [5.41, 5.74) is 1.18. The van der Waals surface area contributed by atoms with Crippen molar-refractivity contribution in [3.63, 3.8) is 0 Å². The van der Waals surface area contributed by atoms with Crippen LogP contribution in [0.3, 0.4) is 0 Å². The van der Waals surface area contributed by atoms with Crippen molar-refractivity contribution in [1.29, 1.82) is 0 Å². The number of aliphatic hydroxyl groups is 1. The molecule has 7 nitrogen and oxygen atoms in total. The molecule has 7 heteroatoms. The van der Waals surface area contributed by atoms with Gasteiger partial charge in [-0.25, -0.2) is 4.79 Å². The molecule has 0 bridgehead atoms. The van der Waals surface area contributed by atoms with E-state index in [0.29, 0.717) is 29.8 Å². The van der Waals surface area contributed by atoms with Gasteiger partial charge in [-0.05, 0) is 37.8 Å². The van der Waals surface area contributed by atoms with Crippen LogP contribution in [0, 0.1) is 5.92 Å². The summed E-state index contributed by atoms with van der Waals surface area (Å²) in [7, 11) is 0. The first-order valence-corrected chi connectivity index (χ1v) is 9.06. The van der Waals surface area contributed by atoms with E-state index in [9.17, 15) is 4.79 Å². The molecule has 1 saturated carbocycles. The zero-order chi connectivity index (χ0) is 17.9. The molecule has 1 aromatic carbocycles. The SMILES string of the molecule is O=C(OCC1CCC(CO)CO1)c1cccc(-c2noc(C3CC3)n2)c1. The summed E-state index contributed by atoms with van der Waals surface area (Å²) in [6.45, 7) is 0.864. The maximum absolute atomic E-state index is 12.3. The highest BCUT2D eigenvalue weighted by molar-refractivity contribution is 5.90. The Balaban J connectivity index is 1.35. The van der Waals surface area contributed by atoms with Gasteiger partial charge >= 0.3 is 5.97 Å². The van der Waals surface area contributed by atoms with Gasteiger partial charge in [0.25, 0.3) is 0 Å². The van der Waals surface area contributed by atoms with E-state index >= 15 is 0 Å². The molecule has 4 rings (SSSR count). The van der Waals surface area contributed by atoms with Crippen molar-refractivity contribution in [2.75, 3.05) is 19.8 Å². The first-order chi connectivity index (χ1) is 12.7. The molecule has 2 atom stereocenters. The summed E-state index contributed by atoms with van der Waals surface area (Å²) in [5, 5.41) is 13.1. The van der Waals surface area contributed by atoms with Gasteiger partial charge in [0, 0.05) is 24.0 Å². The second-order valence-electron chi connectivity index (χ2n) is 6.99. The number of benzene rings is 1. The first kappa shape index (κ1) is 17.2. The number of ether oxygens (including phenoxy) is 2. The molecule has 2 fully saturated rings. The smallest absolute Gasteiger partial charge is 0.338 e. The number of aliphatic hydroxyl groups excluding tert-OH is 1. The molecular formula is C19H22N2O5. The minimum atomic E-state index is -0.398. The molecular weight excluding hydrogens is 336 g/mol. The van der Waals surface area contributed by atoms with Crippen LogP contribution in [0.2, 0.25) is 0 Å². The van der Waals surface area contributed by atoms with Crippen LogP contribution in [0.5, 0.6) is 0 Å². The number of rotatable bonds is 6. The molecule has 1 aliphatic carbocycles. The van der Waals surface area contributed by atoms with Crippen molar-refractivity contribution in [2.45, 2.75) is 37.7 Å². The summed E-state index contributed by atoms with van der Waals surface area (Å²) >= 11 is 0. The predicted molar refractivity (Wildman–Crippen MR) is 91.5 cm³/mol. The zero-order valence-electron chi connectivity index (χ0n) is 14.5. The average molecular weight is 358 g/mol. The Morgan fingerprint density at radius 2 is 2.15 bits per heavy atom. The van der Waals surface area contributed by atoms with E-state index in [1.165, 1.54) is 0 Å². The Morgan fingerprint density at radius 1 is 1.27 bits per heavy atom. The molecule has 0 spiro atoms. The molecule has 2 heterocycles. The Morgan fingerprint density at radius 3 is 2.88 bits per heavy atom. The Hall–Kier alpha value is -2.25. The van der Waals surface area contributed by atoms with Crippen molar-refractivity contribution in [3.8, 4) is 11.4 Å². The number of carbonyl (C=O) groups excluding carboxylic acids is 1. The second-order valence-corrected chi connectivity index (χ2v) is 6.99. The maximum Gasteiger partial charge on any atom is 0.338 e. The highest BCUT2D eigenvalue weighted by Gasteiger charge is 2.30.